The largest absolute Gasteiger partial charge is 0.450 e. The molecule has 0 aliphatic carbocycles. The van der Waals surface area contributed by atoms with Crippen molar-refractivity contribution >= 4 is 58.4 Å². The van der Waals surface area contributed by atoms with Gasteiger partial charge in [0.15, 0.2) is 5.82 Å². The van der Waals surface area contributed by atoms with Crippen LogP contribution < -0.4 is 16.4 Å². The van der Waals surface area contributed by atoms with Crippen LogP contribution in [0.5, 0.6) is 0 Å². The number of aliphatic imine (C=N–C) groups is 1. The summed E-state index contributed by atoms with van der Waals surface area (Å²) in [6.07, 6.45) is -0.568. The van der Waals surface area contributed by atoms with Crippen LogP contribution in [0, 0.1) is 0 Å². The summed E-state index contributed by atoms with van der Waals surface area (Å²) in [6, 6.07) is 11.6. The maximum Gasteiger partial charge on any atom is 0.412 e. The Hall–Kier alpha value is -2.87. The molecule has 2 heterocycles. The lowest BCUT2D eigenvalue weighted by Gasteiger charge is -2.25. The fourth-order valence-electron chi connectivity index (χ4n) is 2.68. The van der Waals surface area contributed by atoms with Gasteiger partial charge >= 0.3 is 6.09 Å². The van der Waals surface area contributed by atoms with Crippen molar-refractivity contribution in [2.45, 2.75) is 19.9 Å². The van der Waals surface area contributed by atoms with E-state index in [0.29, 0.717) is 11.5 Å². The normalized spacial score (nSPS) is 14.4. The smallest absolute Gasteiger partial charge is 0.412 e. The van der Waals surface area contributed by atoms with E-state index < -0.39 is 28.6 Å². The van der Waals surface area contributed by atoms with Gasteiger partial charge in [0.25, 0.3) is 10.1 Å². The molecule has 0 unspecified atom stereocenters. The molecule has 0 saturated carbocycles. The molecule has 3 rings (SSSR count). The predicted molar refractivity (Wildman–Crippen MR) is 129 cm³/mol. The number of aliphatic hydroxyl groups is 1. The van der Waals surface area contributed by atoms with Crippen LogP contribution in [0.1, 0.15) is 19.4 Å². The highest BCUT2D eigenvalue weighted by Crippen LogP contribution is 2.37. The number of rotatable bonds is 5. The van der Waals surface area contributed by atoms with E-state index in [2.05, 4.69) is 20.6 Å². The second-order valence-electron chi connectivity index (χ2n) is 6.37. The van der Waals surface area contributed by atoms with E-state index in [4.69, 9.17) is 20.1 Å². The molecule has 11 nitrogen and oxygen atoms in total. The Morgan fingerprint density at radius 2 is 1.97 bits per heavy atom. The number of nitrogen functional groups attached to an aromatic ring is 1. The van der Waals surface area contributed by atoms with Crippen LogP contribution in [0.3, 0.4) is 0 Å². The summed E-state index contributed by atoms with van der Waals surface area (Å²) in [7, 11) is -3.92. The van der Waals surface area contributed by atoms with Gasteiger partial charge in [0.1, 0.15) is 11.5 Å². The van der Waals surface area contributed by atoms with E-state index in [1.165, 1.54) is 0 Å². The number of nitrogens with zero attached hydrogens (tertiary/aromatic N) is 2. The molecule has 6 N–H and O–H groups in total. The van der Waals surface area contributed by atoms with Crippen LogP contribution in [-0.4, -0.2) is 59.9 Å². The molecule has 1 amide bonds. The minimum Gasteiger partial charge on any atom is -0.450 e. The van der Waals surface area contributed by atoms with Crippen molar-refractivity contribution < 1.29 is 27.6 Å². The molecule has 1 aromatic carbocycles. The summed E-state index contributed by atoms with van der Waals surface area (Å²) in [4.78, 5) is 20.4. The van der Waals surface area contributed by atoms with Crippen molar-refractivity contribution in [3.8, 4) is 0 Å². The third-order valence-corrected chi connectivity index (χ3v) is 4.66. The molecule has 32 heavy (non-hydrogen) atoms. The molecule has 0 spiro atoms. The summed E-state index contributed by atoms with van der Waals surface area (Å²) >= 11 is 0. The van der Waals surface area contributed by atoms with Gasteiger partial charge in [0.05, 0.1) is 36.4 Å². The van der Waals surface area contributed by atoms with E-state index >= 15 is 0 Å². The maximum absolute atomic E-state index is 11.5. The number of benzene rings is 1. The number of aliphatic hydroxyl groups excluding tert-OH is 1. The Labute approximate surface area is 193 Å². The van der Waals surface area contributed by atoms with Gasteiger partial charge in [-0.05, 0) is 19.4 Å². The molecule has 176 valence electrons. The Morgan fingerprint density at radius 1 is 1.31 bits per heavy atom. The molecule has 1 atom stereocenters. The van der Waals surface area contributed by atoms with Gasteiger partial charge in [-0.25, -0.2) is 14.8 Å². The zero-order valence-electron chi connectivity index (χ0n) is 17.6. The van der Waals surface area contributed by atoms with Crippen LogP contribution >= 0.6 is 13.5 Å². The number of pyridine rings is 1. The van der Waals surface area contributed by atoms with Gasteiger partial charge < -0.3 is 20.9 Å². The molecular weight excluding hydrogens is 458 g/mol. The minimum absolute atomic E-state index is 0. The summed E-state index contributed by atoms with van der Waals surface area (Å²) in [5, 5.41) is 13.8. The molecule has 0 radical (unpaired) electrons. The van der Waals surface area contributed by atoms with Gasteiger partial charge in [-0.1, -0.05) is 30.3 Å². The quantitative estimate of drug-likeness (QED) is 0.397. The van der Waals surface area contributed by atoms with Crippen molar-refractivity contribution in [2.24, 2.45) is 4.99 Å². The third kappa shape index (κ3) is 8.00. The molecule has 2 aromatic rings. The first-order valence-electron chi connectivity index (χ1n) is 9.35. The lowest BCUT2D eigenvalue weighted by Crippen LogP contribution is -2.30. The minimum atomic E-state index is -3.92. The van der Waals surface area contributed by atoms with Crippen molar-refractivity contribution in [3.63, 3.8) is 0 Å². The Kier molecular flexibility index (Phi) is 10.4. The zero-order chi connectivity index (χ0) is 23.0. The topological polar surface area (TPSA) is 176 Å². The fraction of sp³-hybridized carbons (Fsp3) is 0.316. The molecule has 1 aromatic heterocycles. The van der Waals surface area contributed by atoms with E-state index in [1.807, 2.05) is 37.3 Å². The van der Waals surface area contributed by atoms with Gasteiger partial charge in [0, 0.05) is 6.07 Å². The van der Waals surface area contributed by atoms with Gasteiger partial charge in [0.2, 0.25) is 0 Å². The number of nitrogens with one attached hydrogen (secondary N) is 2. The SMILES string of the molecule is CCOC(=O)Nc1cc2c(c(N)n1)N=C(c1ccccc1)[C@H](C)N2.O=S(=O)(O)CCO.S. The molecule has 0 fully saturated rings. The van der Waals surface area contributed by atoms with Crippen LogP contribution in [-0.2, 0) is 14.9 Å². The number of fused-ring (bicyclic) bond motifs is 1. The average molecular weight is 486 g/mol. The highest BCUT2D eigenvalue weighted by molar-refractivity contribution is 7.85. The number of carbonyl (C=O) groups excluding carboxylic acids is 1. The van der Waals surface area contributed by atoms with E-state index in [1.54, 1.807) is 13.0 Å². The summed E-state index contributed by atoms with van der Waals surface area (Å²) < 4.78 is 31.9. The summed E-state index contributed by atoms with van der Waals surface area (Å²) in [5.41, 5.74) is 9.24. The Balaban J connectivity index is 0.000000558. The summed E-state index contributed by atoms with van der Waals surface area (Å²) in [6.45, 7) is 3.51. The van der Waals surface area contributed by atoms with Crippen molar-refractivity contribution in [1.29, 1.82) is 0 Å². The van der Waals surface area contributed by atoms with Crippen molar-refractivity contribution in [2.75, 3.05) is 35.3 Å². The summed E-state index contributed by atoms with van der Waals surface area (Å²) in [5.74, 6) is -0.0117. The number of anilines is 3. The fourth-order valence-corrected chi connectivity index (χ4v) is 2.91. The van der Waals surface area contributed by atoms with E-state index in [-0.39, 0.29) is 32.0 Å². The number of hydrogen-bond donors (Lipinski definition) is 5. The first-order chi connectivity index (χ1) is 14.6. The predicted octanol–water partition coefficient (Wildman–Crippen LogP) is 2.15. The zero-order valence-corrected chi connectivity index (χ0v) is 19.4. The highest BCUT2D eigenvalue weighted by atomic mass is 32.2. The molecule has 1 aliphatic heterocycles. The Bertz CT molecular complexity index is 1050. The van der Waals surface area contributed by atoms with Crippen LogP contribution in [0.2, 0.25) is 0 Å². The standard InChI is InChI=1S/C17H19N5O2.C2H6O4S.H2S/c1-3-24-17(23)21-13-9-12-15(16(18)20-13)22-14(10(2)19-12)11-7-5-4-6-8-11;3-1-2-7(4,5)6;/h4-10,19H,3H2,1-2H3,(H3,18,20,21,23);3H,1-2H2,(H,4,5,6);1H2/t10-;;/m0../s1. The molecule has 0 bridgehead atoms. The molecular formula is C19H27N5O6S2. The van der Waals surface area contributed by atoms with Crippen LogP contribution in [0.25, 0.3) is 0 Å². The number of hydrogen-bond acceptors (Lipinski definition) is 9. The van der Waals surface area contributed by atoms with Gasteiger partial charge in [-0.15, -0.1) is 0 Å². The molecule has 0 saturated heterocycles. The maximum atomic E-state index is 11.5. The lowest BCUT2D eigenvalue weighted by atomic mass is 10.0. The van der Waals surface area contributed by atoms with E-state index in [9.17, 15) is 13.2 Å². The van der Waals surface area contributed by atoms with Gasteiger partial charge in [-0.3, -0.25) is 9.87 Å². The Morgan fingerprint density at radius 3 is 2.50 bits per heavy atom. The second kappa shape index (κ2) is 12.2. The first-order valence-corrected chi connectivity index (χ1v) is 11.0. The molecule has 13 heteroatoms. The van der Waals surface area contributed by atoms with E-state index in [0.717, 1.165) is 17.0 Å². The van der Waals surface area contributed by atoms with Crippen LogP contribution in [0.4, 0.5) is 27.8 Å². The molecule has 1 aliphatic rings. The lowest BCUT2D eigenvalue weighted by molar-refractivity contribution is 0.168. The number of amides is 1. The third-order valence-electron chi connectivity index (χ3n) is 3.96. The van der Waals surface area contributed by atoms with Crippen molar-refractivity contribution in [3.05, 3.63) is 42.0 Å². The number of carbonyl (C=O) groups is 1. The first kappa shape index (κ1) is 27.2. The monoisotopic (exact) mass is 485 g/mol. The number of aromatic nitrogens is 1. The van der Waals surface area contributed by atoms with Crippen molar-refractivity contribution in [1.82, 2.24) is 4.98 Å². The highest BCUT2D eigenvalue weighted by Gasteiger charge is 2.23. The number of ether oxygens (including phenoxy) is 1. The second-order valence-corrected chi connectivity index (χ2v) is 7.95. The average Bonchev–Trinajstić information content (AvgIpc) is 2.68. The van der Waals surface area contributed by atoms with Gasteiger partial charge in [-0.2, -0.15) is 21.9 Å². The number of nitrogens with two attached hydrogens (primary N) is 1. The van der Waals surface area contributed by atoms with Crippen LogP contribution in [0.15, 0.2) is 41.4 Å².